The average molecular weight is 357 g/mol. The first-order valence-electron chi connectivity index (χ1n) is 8.23. The first kappa shape index (κ1) is 19.2. The molecule has 2 rings (SSSR count). The molecule has 1 fully saturated rings. The maximum atomic E-state index is 12.7. The zero-order valence-corrected chi connectivity index (χ0v) is 14.3. The maximum absolute atomic E-state index is 12.7. The number of likely N-dealkylation sites (tertiary alicyclic amines) is 1. The quantitative estimate of drug-likeness (QED) is 0.848. The predicted molar refractivity (Wildman–Crippen MR) is 85.6 cm³/mol. The van der Waals surface area contributed by atoms with Crippen molar-refractivity contribution in [2.45, 2.75) is 32.9 Å². The first-order valence-corrected chi connectivity index (χ1v) is 8.23. The van der Waals surface area contributed by atoms with E-state index in [-0.39, 0.29) is 31.2 Å². The molecule has 5 nitrogen and oxygen atoms in total. The predicted octanol–water partition coefficient (Wildman–Crippen LogP) is 2.10. The van der Waals surface area contributed by atoms with Crippen LogP contribution < -0.4 is 5.32 Å². The Morgan fingerprint density at radius 2 is 2.04 bits per heavy atom. The summed E-state index contributed by atoms with van der Waals surface area (Å²) in [4.78, 5) is 29.5. The van der Waals surface area contributed by atoms with Crippen molar-refractivity contribution in [2.24, 2.45) is 11.8 Å². The van der Waals surface area contributed by atoms with E-state index in [1.807, 2.05) is 13.0 Å². The Kier molecular flexibility index (Phi) is 6.02. The maximum Gasteiger partial charge on any atom is 0.400 e. The molecule has 2 heterocycles. The number of hydrogen-bond donors (Lipinski definition) is 1. The van der Waals surface area contributed by atoms with E-state index >= 15 is 0 Å². The second-order valence-corrected chi connectivity index (χ2v) is 6.46. The van der Waals surface area contributed by atoms with Crippen LogP contribution in [0.2, 0.25) is 0 Å². The number of rotatable bonds is 6. The Balaban J connectivity index is 1.73. The molecule has 1 unspecified atom stereocenters. The van der Waals surface area contributed by atoms with Gasteiger partial charge in [0.05, 0.1) is 6.42 Å². The lowest BCUT2D eigenvalue weighted by Gasteiger charge is -2.39. The van der Waals surface area contributed by atoms with Crippen LogP contribution in [0.15, 0.2) is 18.5 Å². The summed E-state index contributed by atoms with van der Waals surface area (Å²) in [5, 5.41) is 2.35. The molecule has 0 radical (unpaired) electrons. The third-order valence-electron chi connectivity index (χ3n) is 4.28. The molecule has 0 aliphatic carbocycles. The summed E-state index contributed by atoms with van der Waals surface area (Å²) in [5.74, 6) is -3.02. The zero-order chi connectivity index (χ0) is 18.6. The molecule has 2 amide bonds. The molecule has 1 N–H and O–H groups in total. The van der Waals surface area contributed by atoms with Gasteiger partial charge in [-0.1, -0.05) is 13.0 Å². The number of amides is 2. The summed E-state index contributed by atoms with van der Waals surface area (Å²) >= 11 is 0. The third-order valence-corrected chi connectivity index (χ3v) is 4.28. The van der Waals surface area contributed by atoms with E-state index in [1.165, 1.54) is 6.92 Å². The first-order chi connectivity index (χ1) is 11.7. The SMILES string of the molecule is CCC(C(=O)NCC1CN(C(=O)Cc2cncc(C)c2)C1)C(F)(F)F. The lowest BCUT2D eigenvalue weighted by Crippen LogP contribution is -2.55. The lowest BCUT2D eigenvalue weighted by molar-refractivity contribution is -0.183. The fourth-order valence-corrected chi connectivity index (χ4v) is 2.84. The Hall–Kier alpha value is -2.12. The van der Waals surface area contributed by atoms with Crippen LogP contribution in [0, 0.1) is 18.8 Å². The van der Waals surface area contributed by atoms with Crippen molar-refractivity contribution in [1.29, 1.82) is 0 Å². The van der Waals surface area contributed by atoms with Crippen LogP contribution in [0.3, 0.4) is 0 Å². The molecule has 1 aromatic rings. The second kappa shape index (κ2) is 7.84. The number of nitrogens with one attached hydrogen (secondary N) is 1. The molecule has 0 saturated carbocycles. The molecule has 8 heteroatoms. The summed E-state index contributed by atoms with van der Waals surface area (Å²) in [6.45, 7) is 4.28. The third kappa shape index (κ3) is 5.17. The summed E-state index contributed by atoms with van der Waals surface area (Å²) in [6.07, 6.45) is -1.21. The van der Waals surface area contributed by atoms with Crippen LogP contribution >= 0.6 is 0 Å². The van der Waals surface area contributed by atoms with Crippen molar-refractivity contribution >= 4 is 11.8 Å². The van der Waals surface area contributed by atoms with Crippen LogP contribution in [0.25, 0.3) is 0 Å². The van der Waals surface area contributed by atoms with Crippen LogP contribution in [0.4, 0.5) is 13.2 Å². The van der Waals surface area contributed by atoms with Crippen molar-refractivity contribution in [3.63, 3.8) is 0 Å². The van der Waals surface area contributed by atoms with Crippen LogP contribution in [0.5, 0.6) is 0 Å². The number of hydrogen-bond acceptors (Lipinski definition) is 3. The minimum atomic E-state index is -4.53. The van der Waals surface area contributed by atoms with Crippen molar-refractivity contribution < 1.29 is 22.8 Å². The van der Waals surface area contributed by atoms with Crippen molar-refractivity contribution in [1.82, 2.24) is 15.2 Å². The molecule has 1 atom stereocenters. The fourth-order valence-electron chi connectivity index (χ4n) is 2.84. The van der Waals surface area contributed by atoms with E-state index in [0.29, 0.717) is 13.1 Å². The standard InChI is InChI=1S/C17H22F3N3O2/c1-3-14(17(18,19)20)16(25)22-8-13-9-23(10-13)15(24)5-12-4-11(2)6-21-7-12/h4,6-7,13-14H,3,5,8-10H2,1-2H3,(H,22,25). The van der Waals surface area contributed by atoms with E-state index < -0.39 is 18.0 Å². The smallest absolute Gasteiger partial charge is 0.355 e. The highest BCUT2D eigenvalue weighted by Gasteiger charge is 2.43. The van der Waals surface area contributed by atoms with Crippen molar-refractivity contribution in [2.75, 3.05) is 19.6 Å². The Morgan fingerprint density at radius 3 is 2.60 bits per heavy atom. The van der Waals surface area contributed by atoms with Gasteiger partial charge in [0.2, 0.25) is 11.8 Å². The van der Waals surface area contributed by atoms with E-state index in [9.17, 15) is 22.8 Å². The van der Waals surface area contributed by atoms with E-state index in [4.69, 9.17) is 0 Å². The molecule has 1 saturated heterocycles. The Morgan fingerprint density at radius 1 is 1.36 bits per heavy atom. The molecule has 1 aromatic heterocycles. The fraction of sp³-hybridized carbons (Fsp3) is 0.588. The molecule has 1 aliphatic rings. The summed E-state index contributed by atoms with van der Waals surface area (Å²) in [5.41, 5.74) is 1.81. The number of pyridine rings is 1. The summed E-state index contributed by atoms with van der Waals surface area (Å²) < 4.78 is 38.0. The summed E-state index contributed by atoms with van der Waals surface area (Å²) in [6, 6.07) is 1.89. The average Bonchev–Trinajstić information content (AvgIpc) is 2.44. The van der Waals surface area contributed by atoms with Crippen LogP contribution in [-0.2, 0) is 16.0 Å². The summed E-state index contributed by atoms with van der Waals surface area (Å²) in [7, 11) is 0. The molecule has 0 spiro atoms. The van der Waals surface area contributed by atoms with Gasteiger partial charge in [-0.15, -0.1) is 0 Å². The minimum absolute atomic E-state index is 0.00530. The molecule has 0 aromatic carbocycles. The number of carbonyl (C=O) groups is 2. The molecule has 138 valence electrons. The lowest BCUT2D eigenvalue weighted by atomic mass is 9.98. The number of alkyl halides is 3. The largest absolute Gasteiger partial charge is 0.400 e. The number of halogens is 3. The Labute approximate surface area is 144 Å². The monoisotopic (exact) mass is 357 g/mol. The van der Waals surface area contributed by atoms with E-state index in [2.05, 4.69) is 10.3 Å². The molecule has 0 bridgehead atoms. The highest BCUT2D eigenvalue weighted by molar-refractivity contribution is 5.80. The van der Waals surface area contributed by atoms with Gasteiger partial charge < -0.3 is 10.2 Å². The van der Waals surface area contributed by atoms with Crippen LogP contribution in [-0.4, -0.2) is 47.5 Å². The highest BCUT2D eigenvalue weighted by atomic mass is 19.4. The molecule has 1 aliphatic heterocycles. The van der Waals surface area contributed by atoms with E-state index in [1.54, 1.807) is 17.3 Å². The second-order valence-electron chi connectivity index (χ2n) is 6.46. The molecular weight excluding hydrogens is 335 g/mol. The zero-order valence-electron chi connectivity index (χ0n) is 14.3. The molecule has 25 heavy (non-hydrogen) atoms. The number of nitrogens with zero attached hydrogens (tertiary/aromatic N) is 2. The molecular formula is C17H22F3N3O2. The number of aromatic nitrogens is 1. The van der Waals surface area contributed by atoms with Crippen LogP contribution in [0.1, 0.15) is 24.5 Å². The Bertz CT molecular complexity index is 628. The van der Waals surface area contributed by atoms with E-state index in [0.717, 1.165) is 11.1 Å². The number of aryl methyl sites for hydroxylation is 1. The normalized spacial score (nSPS) is 16.3. The minimum Gasteiger partial charge on any atom is -0.355 e. The highest BCUT2D eigenvalue weighted by Crippen LogP contribution is 2.29. The topological polar surface area (TPSA) is 62.3 Å². The van der Waals surface area contributed by atoms with Gasteiger partial charge in [0, 0.05) is 37.9 Å². The van der Waals surface area contributed by atoms with Crippen molar-refractivity contribution in [3.05, 3.63) is 29.6 Å². The van der Waals surface area contributed by atoms with Crippen molar-refractivity contribution in [3.8, 4) is 0 Å². The van der Waals surface area contributed by atoms with Gasteiger partial charge in [0.1, 0.15) is 5.92 Å². The van der Waals surface area contributed by atoms with Gasteiger partial charge in [-0.3, -0.25) is 14.6 Å². The van der Waals surface area contributed by atoms with Gasteiger partial charge in [-0.25, -0.2) is 0 Å². The van der Waals surface area contributed by atoms with Gasteiger partial charge in [-0.2, -0.15) is 13.2 Å². The van der Waals surface area contributed by atoms with Gasteiger partial charge in [0.25, 0.3) is 0 Å². The number of carbonyl (C=O) groups excluding carboxylic acids is 2. The van der Waals surface area contributed by atoms with Gasteiger partial charge in [0.15, 0.2) is 0 Å². The van der Waals surface area contributed by atoms with Gasteiger partial charge in [-0.05, 0) is 24.5 Å². The van der Waals surface area contributed by atoms with Gasteiger partial charge >= 0.3 is 6.18 Å².